The molecule has 5 heteroatoms. The van der Waals surface area contributed by atoms with Crippen LogP contribution >= 0.6 is 0 Å². The van der Waals surface area contributed by atoms with Gasteiger partial charge in [0.05, 0.1) is 18.0 Å². The fourth-order valence-corrected chi connectivity index (χ4v) is 3.59. The normalized spacial score (nSPS) is 14.7. The van der Waals surface area contributed by atoms with Gasteiger partial charge in [-0.2, -0.15) is 0 Å². The molecule has 0 unspecified atom stereocenters. The average Bonchev–Trinajstić information content (AvgIpc) is 2.94. The van der Waals surface area contributed by atoms with Crippen LogP contribution in [0.2, 0.25) is 0 Å². The van der Waals surface area contributed by atoms with Gasteiger partial charge >= 0.3 is 0 Å². The lowest BCUT2D eigenvalue weighted by Gasteiger charge is -2.29. The Hall–Kier alpha value is -1.85. The molecule has 0 saturated carbocycles. The van der Waals surface area contributed by atoms with Crippen LogP contribution in [0.1, 0.15) is 43.0 Å². The van der Waals surface area contributed by atoms with E-state index in [1.165, 1.54) is 23.4 Å². The summed E-state index contributed by atoms with van der Waals surface area (Å²) in [6.07, 6.45) is 2.26. The first-order valence-corrected chi connectivity index (χ1v) is 9.66. The van der Waals surface area contributed by atoms with Crippen LogP contribution in [0, 0.1) is 12.8 Å². The van der Waals surface area contributed by atoms with Crippen molar-refractivity contribution in [1.29, 1.82) is 0 Å². The number of fused-ring (bicyclic) bond motifs is 1. The summed E-state index contributed by atoms with van der Waals surface area (Å²) >= 11 is 0. The van der Waals surface area contributed by atoms with Crippen LogP contribution in [0.3, 0.4) is 0 Å². The number of aromatic nitrogens is 2. The summed E-state index contributed by atoms with van der Waals surface area (Å²) in [6, 6.07) is 8.18. The van der Waals surface area contributed by atoms with Gasteiger partial charge in [0.25, 0.3) is 0 Å². The lowest BCUT2D eigenvalue weighted by atomic mass is 10.0. The van der Waals surface area contributed by atoms with E-state index in [1.807, 2.05) is 12.1 Å². The molecule has 26 heavy (non-hydrogen) atoms. The Balaban J connectivity index is 1.68. The second kappa shape index (κ2) is 8.69. The van der Waals surface area contributed by atoms with Gasteiger partial charge in [0, 0.05) is 26.2 Å². The van der Waals surface area contributed by atoms with E-state index < -0.39 is 0 Å². The summed E-state index contributed by atoms with van der Waals surface area (Å²) in [6.45, 7) is 11.0. The summed E-state index contributed by atoms with van der Waals surface area (Å²) in [5.74, 6) is 2.68. The van der Waals surface area contributed by atoms with E-state index in [1.54, 1.807) is 0 Å². The van der Waals surface area contributed by atoms with Crippen molar-refractivity contribution in [2.75, 3.05) is 19.8 Å². The molecule has 1 aliphatic heterocycles. The molecule has 0 bridgehead atoms. The predicted molar refractivity (Wildman–Crippen MR) is 103 cm³/mol. The van der Waals surface area contributed by atoms with Gasteiger partial charge < -0.3 is 14.4 Å². The van der Waals surface area contributed by atoms with E-state index >= 15 is 0 Å². The number of rotatable bonds is 8. The first-order chi connectivity index (χ1) is 12.6. The molecule has 1 N–H and O–H groups in total. The van der Waals surface area contributed by atoms with Gasteiger partial charge in [0.2, 0.25) is 0 Å². The zero-order chi connectivity index (χ0) is 18.5. The third-order valence-corrected chi connectivity index (χ3v) is 4.98. The Morgan fingerprint density at radius 1 is 1.27 bits per heavy atom. The van der Waals surface area contributed by atoms with E-state index in [2.05, 4.69) is 42.4 Å². The van der Waals surface area contributed by atoms with Gasteiger partial charge in [-0.25, -0.2) is 4.98 Å². The standard InChI is InChI=1S/C21H31N3O2/c1-16(2)7-8-20-21-15-23(9-10-24(21)17(3)22-20)14-18-5-4-6-19(13-18)26-12-11-25/h4-6,13,16,25H,7-12,14-15H2,1-3H3. The minimum absolute atomic E-state index is 0.0405. The molecular weight excluding hydrogens is 326 g/mol. The Morgan fingerprint density at radius 2 is 2.12 bits per heavy atom. The van der Waals surface area contributed by atoms with Crippen molar-refractivity contribution in [3.63, 3.8) is 0 Å². The van der Waals surface area contributed by atoms with Gasteiger partial charge in [0.15, 0.2) is 0 Å². The minimum atomic E-state index is 0.0405. The van der Waals surface area contributed by atoms with Crippen LogP contribution in [0.25, 0.3) is 0 Å². The summed E-state index contributed by atoms with van der Waals surface area (Å²) in [7, 11) is 0. The molecule has 0 amide bonds. The molecule has 0 radical (unpaired) electrons. The lowest BCUT2D eigenvalue weighted by Crippen LogP contribution is -2.33. The third kappa shape index (κ3) is 4.65. The Labute approximate surface area is 156 Å². The number of hydrogen-bond acceptors (Lipinski definition) is 4. The first kappa shape index (κ1) is 18.9. The van der Waals surface area contributed by atoms with Gasteiger partial charge in [0.1, 0.15) is 18.2 Å². The van der Waals surface area contributed by atoms with E-state index in [0.717, 1.165) is 44.2 Å². The zero-order valence-electron chi connectivity index (χ0n) is 16.2. The Morgan fingerprint density at radius 3 is 2.88 bits per heavy atom. The van der Waals surface area contributed by atoms with Crippen LogP contribution in [0.5, 0.6) is 5.75 Å². The van der Waals surface area contributed by atoms with Crippen molar-refractivity contribution in [2.45, 2.75) is 53.2 Å². The molecule has 3 rings (SSSR count). The molecule has 2 aromatic rings. The second-order valence-electron chi connectivity index (χ2n) is 7.57. The number of benzene rings is 1. The predicted octanol–water partition coefficient (Wildman–Crippen LogP) is 3.17. The number of nitrogens with zero attached hydrogens (tertiary/aromatic N) is 3. The topological polar surface area (TPSA) is 50.5 Å². The highest BCUT2D eigenvalue weighted by Gasteiger charge is 2.22. The molecule has 1 aromatic carbocycles. The van der Waals surface area contributed by atoms with E-state index in [9.17, 15) is 0 Å². The molecule has 2 heterocycles. The van der Waals surface area contributed by atoms with E-state index in [-0.39, 0.29) is 6.61 Å². The molecule has 0 spiro atoms. The van der Waals surface area contributed by atoms with Crippen LogP contribution < -0.4 is 4.74 Å². The molecule has 1 aromatic heterocycles. The van der Waals surface area contributed by atoms with E-state index in [0.29, 0.717) is 12.5 Å². The summed E-state index contributed by atoms with van der Waals surface area (Å²) in [5.41, 5.74) is 3.91. The first-order valence-electron chi connectivity index (χ1n) is 9.66. The quantitative estimate of drug-likeness (QED) is 0.788. The van der Waals surface area contributed by atoms with Gasteiger partial charge in [-0.1, -0.05) is 26.0 Å². The van der Waals surface area contributed by atoms with Crippen LogP contribution in [0.15, 0.2) is 24.3 Å². The highest BCUT2D eigenvalue weighted by atomic mass is 16.5. The van der Waals surface area contributed by atoms with Crippen molar-refractivity contribution in [2.24, 2.45) is 5.92 Å². The van der Waals surface area contributed by atoms with Gasteiger partial charge in [-0.15, -0.1) is 0 Å². The molecule has 0 aliphatic carbocycles. The molecule has 5 nitrogen and oxygen atoms in total. The molecule has 1 aliphatic rings. The number of imidazole rings is 1. The largest absolute Gasteiger partial charge is 0.491 e. The van der Waals surface area contributed by atoms with Crippen molar-refractivity contribution < 1.29 is 9.84 Å². The van der Waals surface area contributed by atoms with E-state index in [4.69, 9.17) is 14.8 Å². The van der Waals surface area contributed by atoms with Crippen molar-refractivity contribution in [1.82, 2.24) is 14.5 Å². The third-order valence-electron chi connectivity index (χ3n) is 4.98. The number of aryl methyl sites for hydroxylation is 2. The maximum absolute atomic E-state index is 8.92. The lowest BCUT2D eigenvalue weighted by molar-refractivity contribution is 0.199. The number of aliphatic hydroxyl groups excluding tert-OH is 1. The number of aliphatic hydroxyl groups is 1. The van der Waals surface area contributed by atoms with Crippen molar-refractivity contribution in [3.05, 3.63) is 47.0 Å². The Kier molecular flexibility index (Phi) is 6.33. The molecular formula is C21H31N3O2. The van der Waals surface area contributed by atoms with Gasteiger partial charge in [-0.3, -0.25) is 4.90 Å². The number of ether oxygens (including phenoxy) is 1. The summed E-state index contributed by atoms with van der Waals surface area (Å²) in [5, 5.41) is 8.92. The van der Waals surface area contributed by atoms with Crippen LogP contribution in [-0.4, -0.2) is 39.3 Å². The minimum Gasteiger partial charge on any atom is -0.491 e. The summed E-state index contributed by atoms with van der Waals surface area (Å²) in [4.78, 5) is 7.33. The maximum atomic E-state index is 8.92. The molecule has 0 saturated heterocycles. The van der Waals surface area contributed by atoms with Crippen LogP contribution in [-0.2, 0) is 26.1 Å². The zero-order valence-corrected chi connectivity index (χ0v) is 16.2. The molecule has 142 valence electrons. The van der Waals surface area contributed by atoms with Crippen LogP contribution in [0.4, 0.5) is 0 Å². The fraction of sp³-hybridized carbons (Fsp3) is 0.571. The molecule has 0 atom stereocenters. The highest BCUT2D eigenvalue weighted by molar-refractivity contribution is 5.29. The number of hydrogen-bond donors (Lipinski definition) is 1. The summed E-state index contributed by atoms with van der Waals surface area (Å²) < 4.78 is 7.93. The highest BCUT2D eigenvalue weighted by Crippen LogP contribution is 2.23. The average molecular weight is 357 g/mol. The maximum Gasteiger partial charge on any atom is 0.119 e. The molecule has 0 fully saturated rings. The fourth-order valence-electron chi connectivity index (χ4n) is 3.59. The smallest absolute Gasteiger partial charge is 0.119 e. The Bertz CT molecular complexity index is 724. The monoisotopic (exact) mass is 357 g/mol. The van der Waals surface area contributed by atoms with Gasteiger partial charge in [-0.05, 0) is 43.4 Å². The van der Waals surface area contributed by atoms with Crippen molar-refractivity contribution >= 4 is 0 Å². The van der Waals surface area contributed by atoms with Crippen molar-refractivity contribution in [3.8, 4) is 5.75 Å². The second-order valence-corrected chi connectivity index (χ2v) is 7.57. The SMILES string of the molecule is Cc1nc(CCC(C)C)c2n1CCN(Cc1cccc(OCCO)c1)C2.